The van der Waals surface area contributed by atoms with Crippen molar-refractivity contribution in [1.29, 1.82) is 0 Å². The van der Waals surface area contributed by atoms with Crippen LogP contribution in [0.5, 0.6) is 5.75 Å². The van der Waals surface area contributed by atoms with E-state index in [2.05, 4.69) is 16.9 Å². The van der Waals surface area contributed by atoms with Gasteiger partial charge in [0.05, 0.1) is 6.10 Å². The van der Waals surface area contributed by atoms with Gasteiger partial charge < -0.3 is 14.6 Å². The van der Waals surface area contributed by atoms with E-state index in [9.17, 15) is 5.11 Å². The largest absolute Gasteiger partial charge is 0.508 e. The van der Waals surface area contributed by atoms with E-state index >= 15 is 0 Å². The van der Waals surface area contributed by atoms with Crippen molar-refractivity contribution in [3.8, 4) is 17.1 Å². The van der Waals surface area contributed by atoms with Crippen LogP contribution in [-0.2, 0) is 15.9 Å². The normalized spacial score (nSPS) is 18.6. The molecule has 5 heteroatoms. The van der Waals surface area contributed by atoms with Gasteiger partial charge >= 0.3 is 0 Å². The second-order valence-electron chi connectivity index (χ2n) is 6.95. The molecule has 2 heterocycles. The molecule has 1 N–H and O–H groups in total. The van der Waals surface area contributed by atoms with Crippen molar-refractivity contribution in [2.45, 2.75) is 64.3 Å². The monoisotopic (exact) mass is 356 g/mol. The van der Waals surface area contributed by atoms with Crippen molar-refractivity contribution in [2.75, 3.05) is 6.61 Å². The number of nitrogens with zero attached hydrogens (tertiary/aromatic N) is 2. The maximum Gasteiger partial charge on any atom is 0.159 e. The van der Waals surface area contributed by atoms with Gasteiger partial charge in [-0.3, -0.25) is 0 Å². The molecular weight excluding hydrogens is 328 g/mol. The fourth-order valence-electron chi connectivity index (χ4n) is 3.15. The number of hydrogen-bond donors (Lipinski definition) is 1. The van der Waals surface area contributed by atoms with E-state index in [1.807, 2.05) is 24.5 Å². The molecule has 1 fully saturated rings. The van der Waals surface area contributed by atoms with E-state index in [1.165, 1.54) is 6.42 Å². The van der Waals surface area contributed by atoms with Gasteiger partial charge in [-0.15, -0.1) is 0 Å². The highest BCUT2D eigenvalue weighted by Crippen LogP contribution is 2.19. The zero-order valence-electron chi connectivity index (χ0n) is 15.4. The fraction of sp³-hybridized carbons (Fsp3) is 0.524. The lowest BCUT2D eigenvalue weighted by atomic mass is 10.1. The maximum atomic E-state index is 9.34. The van der Waals surface area contributed by atoms with Gasteiger partial charge in [0, 0.05) is 24.6 Å². The Morgan fingerprint density at radius 3 is 2.62 bits per heavy atom. The minimum absolute atomic E-state index is 0.000376. The SMILES string of the molecule is CC(CCCCc1cnc(-c2ccc(O)cc2)nc1)OC1CCCCO1. The number of phenolic OH excluding ortho intramolecular Hbond substituents is 1. The number of aryl methyl sites for hydroxylation is 1. The summed E-state index contributed by atoms with van der Waals surface area (Å²) in [7, 11) is 0. The lowest BCUT2D eigenvalue weighted by Crippen LogP contribution is -2.26. The third-order valence-corrected chi connectivity index (χ3v) is 4.68. The molecule has 5 nitrogen and oxygen atoms in total. The van der Waals surface area contributed by atoms with Crippen molar-refractivity contribution >= 4 is 0 Å². The molecule has 3 rings (SSSR count). The maximum absolute atomic E-state index is 9.34. The highest BCUT2D eigenvalue weighted by atomic mass is 16.7. The molecule has 2 unspecified atom stereocenters. The first-order valence-electron chi connectivity index (χ1n) is 9.58. The average molecular weight is 356 g/mol. The molecule has 1 aromatic heterocycles. The molecule has 0 radical (unpaired) electrons. The molecule has 2 atom stereocenters. The van der Waals surface area contributed by atoms with Crippen molar-refractivity contribution in [3.63, 3.8) is 0 Å². The Hall–Kier alpha value is -1.98. The first kappa shape index (κ1) is 18.8. The topological polar surface area (TPSA) is 64.5 Å². The highest BCUT2D eigenvalue weighted by Gasteiger charge is 2.16. The first-order valence-corrected chi connectivity index (χ1v) is 9.58. The minimum atomic E-state index is -0.000376. The van der Waals surface area contributed by atoms with Crippen LogP contribution in [0.2, 0.25) is 0 Å². The Morgan fingerprint density at radius 2 is 1.92 bits per heavy atom. The van der Waals surface area contributed by atoms with Crippen LogP contribution in [0.4, 0.5) is 0 Å². The number of ether oxygens (including phenoxy) is 2. The van der Waals surface area contributed by atoms with Gasteiger partial charge in [-0.2, -0.15) is 0 Å². The summed E-state index contributed by atoms with van der Waals surface area (Å²) in [6.45, 7) is 2.96. The molecule has 0 saturated carbocycles. The second-order valence-corrected chi connectivity index (χ2v) is 6.95. The number of rotatable bonds is 8. The van der Waals surface area contributed by atoms with Crippen LogP contribution >= 0.6 is 0 Å². The van der Waals surface area contributed by atoms with Gasteiger partial charge in [0.25, 0.3) is 0 Å². The van der Waals surface area contributed by atoms with E-state index in [4.69, 9.17) is 9.47 Å². The van der Waals surface area contributed by atoms with Crippen LogP contribution < -0.4 is 0 Å². The summed E-state index contributed by atoms with van der Waals surface area (Å²) >= 11 is 0. The third-order valence-electron chi connectivity index (χ3n) is 4.68. The van der Waals surface area contributed by atoms with Crippen molar-refractivity contribution in [2.24, 2.45) is 0 Å². The molecule has 0 bridgehead atoms. The van der Waals surface area contributed by atoms with Crippen LogP contribution in [-0.4, -0.2) is 34.1 Å². The van der Waals surface area contributed by atoms with E-state index in [1.54, 1.807) is 12.1 Å². The van der Waals surface area contributed by atoms with Crippen LogP contribution in [0, 0.1) is 0 Å². The second kappa shape index (κ2) is 9.64. The van der Waals surface area contributed by atoms with Crippen LogP contribution in [0.3, 0.4) is 0 Å². The smallest absolute Gasteiger partial charge is 0.159 e. The Bertz CT molecular complexity index is 652. The number of benzene rings is 1. The number of phenols is 1. The van der Waals surface area contributed by atoms with Gasteiger partial charge in [-0.05, 0) is 75.3 Å². The van der Waals surface area contributed by atoms with Gasteiger partial charge in [0.1, 0.15) is 5.75 Å². The molecule has 1 aromatic carbocycles. The van der Waals surface area contributed by atoms with Gasteiger partial charge in [0.15, 0.2) is 12.1 Å². The quantitative estimate of drug-likeness (QED) is 0.706. The number of hydrogen-bond acceptors (Lipinski definition) is 5. The zero-order valence-corrected chi connectivity index (χ0v) is 15.4. The highest BCUT2D eigenvalue weighted by molar-refractivity contribution is 5.55. The summed E-state index contributed by atoms with van der Waals surface area (Å²) in [6.07, 6.45) is 11.7. The summed E-state index contributed by atoms with van der Waals surface area (Å²) in [5, 5.41) is 9.34. The van der Waals surface area contributed by atoms with E-state index in [-0.39, 0.29) is 18.1 Å². The lowest BCUT2D eigenvalue weighted by molar-refractivity contribution is -0.185. The van der Waals surface area contributed by atoms with E-state index < -0.39 is 0 Å². The van der Waals surface area contributed by atoms with E-state index in [0.717, 1.165) is 56.3 Å². The standard InChI is InChI=1S/C21H28N2O3/c1-16(26-20-8-4-5-13-25-20)6-2-3-7-17-14-22-21(23-15-17)18-9-11-19(24)12-10-18/h9-12,14-16,20,24H,2-8,13H2,1H3. The molecule has 1 aliphatic rings. The van der Waals surface area contributed by atoms with Crippen molar-refractivity contribution < 1.29 is 14.6 Å². The molecule has 0 amide bonds. The molecule has 1 saturated heterocycles. The van der Waals surface area contributed by atoms with Gasteiger partial charge in [-0.25, -0.2) is 9.97 Å². The van der Waals surface area contributed by atoms with Crippen LogP contribution in [0.1, 0.15) is 51.0 Å². The number of aromatic nitrogens is 2. The summed E-state index contributed by atoms with van der Waals surface area (Å²) in [4.78, 5) is 8.87. The molecule has 2 aromatic rings. The van der Waals surface area contributed by atoms with Crippen LogP contribution in [0.25, 0.3) is 11.4 Å². The average Bonchev–Trinajstić information content (AvgIpc) is 2.67. The summed E-state index contributed by atoms with van der Waals surface area (Å²) < 4.78 is 11.6. The van der Waals surface area contributed by atoms with Gasteiger partial charge in [0.2, 0.25) is 0 Å². The van der Waals surface area contributed by atoms with Crippen molar-refractivity contribution in [1.82, 2.24) is 9.97 Å². The summed E-state index contributed by atoms with van der Waals surface area (Å²) in [5.74, 6) is 0.932. The molecule has 26 heavy (non-hydrogen) atoms. The molecule has 1 aliphatic heterocycles. The molecule has 0 spiro atoms. The van der Waals surface area contributed by atoms with E-state index in [0.29, 0.717) is 5.82 Å². The Morgan fingerprint density at radius 1 is 1.15 bits per heavy atom. The fourth-order valence-corrected chi connectivity index (χ4v) is 3.15. The Kier molecular flexibility index (Phi) is 6.97. The lowest BCUT2D eigenvalue weighted by Gasteiger charge is -2.26. The van der Waals surface area contributed by atoms with Crippen molar-refractivity contribution in [3.05, 3.63) is 42.2 Å². The Balaban J connectivity index is 1.37. The number of aromatic hydroxyl groups is 1. The predicted octanol–water partition coefficient (Wildman–Crippen LogP) is 4.49. The first-order chi connectivity index (χ1) is 12.7. The Labute approximate surface area is 155 Å². The van der Waals surface area contributed by atoms with Crippen LogP contribution in [0.15, 0.2) is 36.7 Å². The molecule has 140 valence electrons. The molecule has 0 aliphatic carbocycles. The van der Waals surface area contributed by atoms with Gasteiger partial charge in [-0.1, -0.05) is 6.42 Å². The minimum Gasteiger partial charge on any atom is -0.508 e. The summed E-state index contributed by atoms with van der Waals surface area (Å²) in [6, 6.07) is 6.94. The third kappa shape index (κ3) is 5.78. The number of unbranched alkanes of at least 4 members (excludes halogenated alkanes) is 1. The summed E-state index contributed by atoms with van der Waals surface area (Å²) in [5.41, 5.74) is 2.06. The molecular formula is C21H28N2O3. The zero-order chi connectivity index (χ0) is 18.2. The predicted molar refractivity (Wildman–Crippen MR) is 101 cm³/mol.